The number of nitrogens with one attached hydrogen (secondary N) is 2. The lowest BCUT2D eigenvalue weighted by atomic mass is 9.84. The van der Waals surface area contributed by atoms with Crippen LogP contribution in [0.2, 0.25) is 0 Å². The number of H-pyrrole nitrogens is 1. The number of anilines is 1. The normalized spacial score (nSPS) is 16.9. The number of likely N-dealkylation sites (N-methyl/N-ethyl adjacent to an activating group) is 1. The number of fused-ring (bicyclic) bond motifs is 1. The number of nitrogens with two attached hydrogens (primary N) is 1. The second-order valence-electron chi connectivity index (χ2n) is 6.46. The van der Waals surface area contributed by atoms with Crippen LogP contribution in [-0.4, -0.2) is 52.0 Å². The molecule has 1 saturated carbocycles. The van der Waals surface area contributed by atoms with Gasteiger partial charge in [-0.25, -0.2) is 15.0 Å². The van der Waals surface area contributed by atoms with E-state index in [1.807, 2.05) is 7.05 Å². The Bertz CT molecular complexity index is 680. The third kappa shape index (κ3) is 3.64. The van der Waals surface area contributed by atoms with E-state index in [2.05, 4.69) is 25.3 Å². The van der Waals surface area contributed by atoms with Gasteiger partial charge in [-0.2, -0.15) is 0 Å². The Kier molecular flexibility index (Phi) is 5.24. The van der Waals surface area contributed by atoms with E-state index >= 15 is 0 Å². The molecule has 2 aromatic rings. The predicted octanol–water partition coefficient (Wildman–Crippen LogP) is 0.813. The summed E-state index contributed by atoms with van der Waals surface area (Å²) in [6.07, 6.45) is 9.09. The number of amides is 1. The molecule has 8 heteroatoms. The SMILES string of the molecule is CN(CC(=O)NC(CN)C1CCCCC1)c1ncnc2nc[nH]c12. The number of aromatic amines is 1. The van der Waals surface area contributed by atoms with E-state index in [0.29, 0.717) is 23.9 Å². The molecule has 0 bridgehead atoms. The number of aromatic nitrogens is 4. The summed E-state index contributed by atoms with van der Waals surface area (Å²) in [6.45, 7) is 0.701. The fourth-order valence-corrected chi connectivity index (χ4v) is 3.49. The van der Waals surface area contributed by atoms with Crippen molar-refractivity contribution in [3.63, 3.8) is 0 Å². The van der Waals surface area contributed by atoms with Gasteiger partial charge in [0.1, 0.15) is 11.8 Å². The Morgan fingerprint density at radius 3 is 2.92 bits per heavy atom. The van der Waals surface area contributed by atoms with Crippen molar-refractivity contribution in [2.24, 2.45) is 11.7 Å². The minimum atomic E-state index is -0.0372. The quantitative estimate of drug-likeness (QED) is 0.722. The second kappa shape index (κ2) is 7.57. The first kappa shape index (κ1) is 16.6. The molecule has 0 spiro atoms. The van der Waals surface area contributed by atoms with Crippen LogP contribution in [0.3, 0.4) is 0 Å². The first-order valence-electron chi connectivity index (χ1n) is 8.53. The third-order valence-corrected chi connectivity index (χ3v) is 4.76. The van der Waals surface area contributed by atoms with Gasteiger partial charge in [0.05, 0.1) is 12.9 Å². The van der Waals surface area contributed by atoms with Crippen LogP contribution in [-0.2, 0) is 4.79 Å². The smallest absolute Gasteiger partial charge is 0.239 e. The molecular formula is C16H25N7O. The van der Waals surface area contributed by atoms with Crippen molar-refractivity contribution in [3.05, 3.63) is 12.7 Å². The highest BCUT2D eigenvalue weighted by Gasteiger charge is 2.24. The number of imidazole rings is 1. The number of carbonyl (C=O) groups is 1. The van der Waals surface area contributed by atoms with Crippen molar-refractivity contribution < 1.29 is 4.79 Å². The standard InChI is InChI=1S/C16H25N7O/c1-23(16-14-15(19-9-18-14)20-10-21-16)8-13(24)22-12(7-17)11-5-3-2-4-6-11/h9-12H,2-8,17H2,1H3,(H,22,24)(H,18,19,20,21). The van der Waals surface area contributed by atoms with E-state index in [1.54, 1.807) is 11.2 Å². The monoisotopic (exact) mass is 331 g/mol. The average Bonchev–Trinajstić information content (AvgIpc) is 3.09. The van der Waals surface area contributed by atoms with Crippen LogP contribution in [0.5, 0.6) is 0 Å². The van der Waals surface area contributed by atoms with E-state index in [4.69, 9.17) is 5.73 Å². The van der Waals surface area contributed by atoms with Crippen LogP contribution >= 0.6 is 0 Å². The van der Waals surface area contributed by atoms with Gasteiger partial charge in [-0.3, -0.25) is 4.79 Å². The first-order chi connectivity index (χ1) is 11.7. The summed E-state index contributed by atoms with van der Waals surface area (Å²) in [5.74, 6) is 1.12. The molecule has 130 valence electrons. The van der Waals surface area contributed by atoms with Crippen LogP contribution in [0.25, 0.3) is 11.2 Å². The van der Waals surface area contributed by atoms with Crippen LogP contribution in [0, 0.1) is 5.92 Å². The van der Waals surface area contributed by atoms with Gasteiger partial charge in [0.2, 0.25) is 5.91 Å². The summed E-state index contributed by atoms with van der Waals surface area (Å²) in [4.78, 5) is 29.7. The van der Waals surface area contributed by atoms with Gasteiger partial charge in [-0.05, 0) is 18.8 Å². The zero-order valence-electron chi connectivity index (χ0n) is 14.0. The molecule has 0 saturated heterocycles. The Labute approximate surface area is 141 Å². The maximum absolute atomic E-state index is 12.4. The summed E-state index contributed by atoms with van der Waals surface area (Å²) in [7, 11) is 1.83. The molecule has 2 aromatic heterocycles. The van der Waals surface area contributed by atoms with Gasteiger partial charge < -0.3 is 20.9 Å². The number of nitrogens with zero attached hydrogens (tertiary/aromatic N) is 4. The molecular weight excluding hydrogens is 306 g/mol. The maximum atomic E-state index is 12.4. The van der Waals surface area contributed by atoms with E-state index in [1.165, 1.54) is 25.6 Å². The fraction of sp³-hybridized carbons (Fsp3) is 0.625. The predicted molar refractivity (Wildman–Crippen MR) is 92.5 cm³/mol. The fourth-order valence-electron chi connectivity index (χ4n) is 3.49. The van der Waals surface area contributed by atoms with Crippen molar-refractivity contribution in [2.45, 2.75) is 38.1 Å². The summed E-state index contributed by atoms with van der Waals surface area (Å²) >= 11 is 0. The highest BCUT2D eigenvalue weighted by molar-refractivity contribution is 5.87. The third-order valence-electron chi connectivity index (χ3n) is 4.76. The number of rotatable bonds is 6. The molecule has 8 nitrogen and oxygen atoms in total. The summed E-state index contributed by atoms with van der Waals surface area (Å²) in [6, 6.07) is 0.0590. The lowest BCUT2D eigenvalue weighted by molar-refractivity contribution is -0.120. The molecule has 1 unspecified atom stereocenters. The topological polar surface area (TPSA) is 113 Å². The molecule has 1 fully saturated rings. The highest BCUT2D eigenvalue weighted by Crippen LogP contribution is 2.26. The molecule has 0 radical (unpaired) electrons. The number of hydrogen-bond donors (Lipinski definition) is 3. The van der Waals surface area contributed by atoms with Crippen molar-refractivity contribution in [1.29, 1.82) is 0 Å². The molecule has 1 atom stereocenters. The van der Waals surface area contributed by atoms with Crippen LogP contribution < -0.4 is 16.0 Å². The Morgan fingerprint density at radius 1 is 1.38 bits per heavy atom. The minimum absolute atomic E-state index is 0.0372. The van der Waals surface area contributed by atoms with Gasteiger partial charge in [-0.1, -0.05) is 19.3 Å². The van der Waals surface area contributed by atoms with Crippen LogP contribution in [0.15, 0.2) is 12.7 Å². The molecule has 0 aromatic carbocycles. The first-order valence-corrected chi connectivity index (χ1v) is 8.53. The number of carbonyl (C=O) groups excluding carboxylic acids is 1. The van der Waals surface area contributed by atoms with Gasteiger partial charge in [0, 0.05) is 19.6 Å². The number of hydrogen-bond acceptors (Lipinski definition) is 6. The van der Waals surface area contributed by atoms with Crippen LogP contribution in [0.4, 0.5) is 5.82 Å². The lowest BCUT2D eigenvalue weighted by Gasteiger charge is -2.30. The molecule has 2 heterocycles. The maximum Gasteiger partial charge on any atom is 0.239 e. The van der Waals surface area contributed by atoms with Gasteiger partial charge >= 0.3 is 0 Å². The van der Waals surface area contributed by atoms with E-state index in [-0.39, 0.29) is 18.5 Å². The molecule has 24 heavy (non-hydrogen) atoms. The van der Waals surface area contributed by atoms with E-state index in [9.17, 15) is 4.79 Å². The van der Waals surface area contributed by atoms with Gasteiger partial charge in [0.15, 0.2) is 11.5 Å². The summed E-state index contributed by atoms with van der Waals surface area (Å²) < 4.78 is 0. The molecule has 0 aliphatic heterocycles. The van der Waals surface area contributed by atoms with Crippen molar-refractivity contribution >= 4 is 22.9 Å². The zero-order chi connectivity index (χ0) is 16.9. The Morgan fingerprint density at radius 2 is 2.17 bits per heavy atom. The molecule has 1 aliphatic carbocycles. The van der Waals surface area contributed by atoms with Gasteiger partial charge in [0.25, 0.3) is 0 Å². The largest absolute Gasteiger partial charge is 0.350 e. The molecule has 4 N–H and O–H groups in total. The molecule has 1 amide bonds. The zero-order valence-corrected chi connectivity index (χ0v) is 14.0. The summed E-state index contributed by atoms with van der Waals surface area (Å²) in [5, 5.41) is 3.10. The average molecular weight is 331 g/mol. The molecule has 3 rings (SSSR count). The van der Waals surface area contributed by atoms with Crippen molar-refractivity contribution in [2.75, 3.05) is 25.0 Å². The molecule has 1 aliphatic rings. The second-order valence-corrected chi connectivity index (χ2v) is 6.46. The minimum Gasteiger partial charge on any atom is -0.350 e. The van der Waals surface area contributed by atoms with E-state index < -0.39 is 0 Å². The lowest BCUT2D eigenvalue weighted by Crippen LogP contribution is -2.48. The summed E-state index contributed by atoms with van der Waals surface area (Å²) in [5.41, 5.74) is 7.22. The van der Waals surface area contributed by atoms with Crippen molar-refractivity contribution in [3.8, 4) is 0 Å². The highest BCUT2D eigenvalue weighted by atomic mass is 16.2. The van der Waals surface area contributed by atoms with E-state index in [0.717, 1.165) is 18.4 Å². The van der Waals surface area contributed by atoms with Crippen LogP contribution in [0.1, 0.15) is 32.1 Å². The van der Waals surface area contributed by atoms with Crippen molar-refractivity contribution in [1.82, 2.24) is 25.3 Å². The van der Waals surface area contributed by atoms with Gasteiger partial charge in [-0.15, -0.1) is 0 Å². The Hall–Kier alpha value is -2.22. The Balaban J connectivity index is 1.62.